The van der Waals surface area contributed by atoms with E-state index in [4.69, 9.17) is 5.11 Å². The fourth-order valence-electron chi connectivity index (χ4n) is 2.32. The van der Waals surface area contributed by atoms with Crippen molar-refractivity contribution >= 4 is 16.8 Å². The van der Waals surface area contributed by atoms with Gasteiger partial charge < -0.3 is 5.11 Å². The molecule has 0 heterocycles. The second-order valence-corrected chi connectivity index (χ2v) is 6.86. The molecule has 0 amide bonds. The molecule has 0 bridgehead atoms. The van der Waals surface area contributed by atoms with Crippen LogP contribution in [0.3, 0.4) is 0 Å². The van der Waals surface area contributed by atoms with Gasteiger partial charge in [-0.15, -0.1) is 0 Å². The van der Waals surface area contributed by atoms with E-state index in [2.05, 4.69) is 6.92 Å². The predicted molar refractivity (Wildman–Crippen MR) is 87.3 cm³/mol. The van der Waals surface area contributed by atoms with Crippen molar-refractivity contribution in [3.8, 4) is 0 Å². The zero-order chi connectivity index (χ0) is 15.5. The zero-order valence-electron chi connectivity index (χ0n) is 12.8. The summed E-state index contributed by atoms with van der Waals surface area (Å²) in [6.07, 6.45) is 9.59. The first kappa shape index (κ1) is 17.9. The van der Waals surface area contributed by atoms with E-state index in [0.717, 1.165) is 12.8 Å². The van der Waals surface area contributed by atoms with Crippen LogP contribution in [0.1, 0.15) is 68.6 Å². The van der Waals surface area contributed by atoms with Crippen molar-refractivity contribution in [2.45, 2.75) is 63.2 Å². The van der Waals surface area contributed by atoms with E-state index in [-0.39, 0.29) is 5.56 Å². The van der Waals surface area contributed by atoms with Crippen molar-refractivity contribution in [2.75, 3.05) is 5.75 Å². The van der Waals surface area contributed by atoms with Crippen LogP contribution in [0, 0.1) is 0 Å². The van der Waals surface area contributed by atoms with Crippen LogP contribution in [0.2, 0.25) is 0 Å². The number of benzene rings is 1. The highest BCUT2D eigenvalue weighted by Gasteiger charge is 2.13. The second kappa shape index (κ2) is 10.6. The van der Waals surface area contributed by atoms with Crippen LogP contribution in [0.25, 0.3) is 0 Å². The van der Waals surface area contributed by atoms with E-state index >= 15 is 0 Å². The number of carboxylic acid groups (broad SMARTS) is 1. The van der Waals surface area contributed by atoms with Gasteiger partial charge in [-0.25, -0.2) is 4.79 Å². The average Bonchev–Trinajstić information content (AvgIpc) is 2.49. The molecular weight excluding hydrogens is 284 g/mol. The molecule has 1 aromatic carbocycles. The third-order valence-electron chi connectivity index (χ3n) is 3.55. The van der Waals surface area contributed by atoms with Gasteiger partial charge in [-0.3, -0.25) is 4.21 Å². The quantitative estimate of drug-likeness (QED) is 0.606. The summed E-state index contributed by atoms with van der Waals surface area (Å²) >= 11 is 0. The van der Waals surface area contributed by atoms with Crippen LogP contribution in [0.5, 0.6) is 0 Å². The molecule has 0 aliphatic heterocycles. The standard InChI is InChI=1S/C17H26O3S/c1-2-3-4-5-6-7-8-11-14-21(20)16-13-10-9-12-15(16)17(18)19/h9-10,12-13H,2-8,11,14H2,1H3,(H,18,19). The van der Waals surface area contributed by atoms with Gasteiger partial charge in [-0.2, -0.15) is 0 Å². The number of carboxylic acids is 1. The van der Waals surface area contributed by atoms with E-state index < -0.39 is 16.8 Å². The molecule has 3 nitrogen and oxygen atoms in total. The van der Waals surface area contributed by atoms with E-state index in [9.17, 15) is 9.00 Å². The lowest BCUT2D eigenvalue weighted by molar-refractivity contribution is 0.0693. The summed E-state index contributed by atoms with van der Waals surface area (Å²) in [7, 11) is -1.21. The summed E-state index contributed by atoms with van der Waals surface area (Å²) in [6, 6.07) is 6.58. The van der Waals surface area contributed by atoms with Crippen LogP contribution in [0.15, 0.2) is 29.2 Å². The van der Waals surface area contributed by atoms with Crippen LogP contribution in [-0.2, 0) is 10.8 Å². The number of rotatable bonds is 11. The summed E-state index contributed by atoms with van der Waals surface area (Å²) in [4.78, 5) is 11.5. The third kappa shape index (κ3) is 6.89. The molecule has 4 heteroatoms. The normalized spacial score (nSPS) is 12.2. The highest BCUT2D eigenvalue weighted by Crippen LogP contribution is 2.16. The molecule has 21 heavy (non-hydrogen) atoms. The van der Waals surface area contributed by atoms with Crippen molar-refractivity contribution in [1.29, 1.82) is 0 Å². The van der Waals surface area contributed by atoms with E-state index in [1.165, 1.54) is 44.6 Å². The van der Waals surface area contributed by atoms with Crippen molar-refractivity contribution in [3.63, 3.8) is 0 Å². The third-order valence-corrected chi connectivity index (χ3v) is 5.05. The molecule has 1 unspecified atom stereocenters. The van der Waals surface area contributed by atoms with Crippen molar-refractivity contribution in [1.82, 2.24) is 0 Å². The highest BCUT2D eigenvalue weighted by molar-refractivity contribution is 7.85. The van der Waals surface area contributed by atoms with E-state index in [0.29, 0.717) is 10.6 Å². The van der Waals surface area contributed by atoms with Crippen LogP contribution >= 0.6 is 0 Å². The lowest BCUT2D eigenvalue weighted by atomic mass is 10.1. The molecular formula is C17H26O3S. The van der Waals surface area contributed by atoms with Gasteiger partial charge in [0.2, 0.25) is 0 Å². The Morgan fingerprint density at radius 3 is 2.19 bits per heavy atom. The predicted octanol–water partition coefficient (Wildman–Crippen LogP) is 4.63. The summed E-state index contributed by atoms with van der Waals surface area (Å²) in [5.74, 6) is -0.450. The molecule has 0 aliphatic rings. The minimum absolute atomic E-state index is 0.162. The summed E-state index contributed by atoms with van der Waals surface area (Å²) in [5, 5.41) is 9.09. The van der Waals surface area contributed by atoms with Gasteiger partial charge in [-0.05, 0) is 18.6 Å². The summed E-state index contributed by atoms with van der Waals surface area (Å²) in [6.45, 7) is 2.21. The zero-order valence-corrected chi connectivity index (χ0v) is 13.7. The van der Waals surface area contributed by atoms with Crippen LogP contribution in [0.4, 0.5) is 0 Å². The van der Waals surface area contributed by atoms with Crippen molar-refractivity contribution in [3.05, 3.63) is 29.8 Å². The van der Waals surface area contributed by atoms with E-state index in [1.807, 2.05) is 0 Å². The number of hydrogen-bond donors (Lipinski definition) is 1. The smallest absolute Gasteiger partial charge is 0.336 e. The van der Waals surface area contributed by atoms with Crippen LogP contribution < -0.4 is 0 Å². The van der Waals surface area contributed by atoms with Crippen molar-refractivity contribution < 1.29 is 14.1 Å². The Morgan fingerprint density at radius 1 is 1.00 bits per heavy atom. The maximum absolute atomic E-state index is 12.2. The Kier molecular flexibility index (Phi) is 8.99. The number of carbonyl (C=O) groups is 1. The maximum atomic E-state index is 12.2. The first-order chi connectivity index (χ1) is 10.2. The molecule has 0 aromatic heterocycles. The molecule has 1 N–H and O–H groups in total. The Hall–Kier alpha value is -1.16. The lowest BCUT2D eigenvalue weighted by Gasteiger charge is -2.06. The first-order valence-corrected chi connectivity index (χ1v) is 9.19. The Morgan fingerprint density at radius 2 is 1.57 bits per heavy atom. The first-order valence-electron chi connectivity index (χ1n) is 7.87. The summed E-state index contributed by atoms with van der Waals surface area (Å²) in [5.41, 5.74) is 0.162. The fourth-order valence-corrected chi connectivity index (χ4v) is 3.64. The molecule has 0 saturated heterocycles. The van der Waals surface area contributed by atoms with Gasteiger partial charge in [0.05, 0.1) is 21.3 Å². The molecule has 0 aliphatic carbocycles. The summed E-state index contributed by atoms with van der Waals surface area (Å²) < 4.78 is 12.2. The molecule has 1 atom stereocenters. The molecule has 118 valence electrons. The van der Waals surface area contributed by atoms with Gasteiger partial charge in [-0.1, -0.05) is 64.0 Å². The average molecular weight is 310 g/mol. The molecule has 0 saturated carbocycles. The van der Waals surface area contributed by atoms with Gasteiger partial charge in [0.15, 0.2) is 0 Å². The molecule has 0 radical (unpaired) electrons. The van der Waals surface area contributed by atoms with Gasteiger partial charge in [0.25, 0.3) is 0 Å². The molecule has 1 aromatic rings. The number of aromatic carboxylic acids is 1. The second-order valence-electron chi connectivity index (χ2n) is 5.33. The Labute approximate surface area is 130 Å². The largest absolute Gasteiger partial charge is 0.478 e. The number of hydrogen-bond acceptors (Lipinski definition) is 2. The topological polar surface area (TPSA) is 54.4 Å². The molecule has 0 fully saturated rings. The Balaban J connectivity index is 2.27. The van der Waals surface area contributed by atoms with Crippen LogP contribution in [-0.4, -0.2) is 21.0 Å². The molecule has 0 spiro atoms. The SMILES string of the molecule is CCCCCCCCCCS(=O)c1ccccc1C(=O)O. The highest BCUT2D eigenvalue weighted by atomic mass is 32.2. The fraction of sp³-hybridized carbons (Fsp3) is 0.588. The van der Waals surface area contributed by atoms with Gasteiger partial charge in [0.1, 0.15) is 0 Å². The minimum Gasteiger partial charge on any atom is -0.478 e. The lowest BCUT2D eigenvalue weighted by Crippen LogP contribution is -2.06. The van der Waals surface area contributed by atoms with Gasteiger partial charge >= 0.3 is 5.97 Å². The van der Waals surface area contributed by atoms with Gasteiger partial charge in [0, 0.05) is 5.75 Å². The minimum atomic E-state index is -1.21. The Bertz CT molecular complexity index is 457. The van der Waals surface area contributed by atoms with E-state index in [1.54, 1.807) is 18.2 Å². The molecule has 1 rings (SSSR count). The number of unbranched alkanes of at least 4 members (excludes halogenated alkanes) is 7. The monoisotopic (exact) mass is 310 g/mol. The maximum Gasteiger partial charge on any atom is 0.336 e. The van der Waals surface area contributed by atoms with Crippen molar-refractivity contribution in [2.24, 2.45) is 0 Å².